The number of hydrogen-bond donors (Lipinski definition) is 2. The lowest BCUT2D eigenvalue weighted by molar-refractivity contribution is -0.142. The highest BCUT2D eigenvalue weighted by molar-refractivity contribution is 5.94. The lowest BCUT2D eigenvalue weighted by Gasteiger charge is -2.34. The SMILES string of the molecule is CC(C)C[C@@H](C(=O)N[C@@H](C)C(=O)Cc1ccccc1)N(C)C(=O)[C@@H](NC(=O)OC(C)(C)C)C(C)C. The van der Waals surface area contributed by atoms with Crippen LogP contribution in [-0.2, 0) is 25.5 Å². The van der Waals surface area contributed by atoms with E-state index in [1.807, 2.05) is 58.0 Å². The van der Waals surface area contributed by atoms with Crippen LogP contribution in [0.1, 0.15) is 67.4 Å². The van der Waals surface area contributed by atoms with Crippen molar-refractivity contribution in [1.82, 2.24) is 15.5 Å². The van der Waals surface area contributed by atoms with Crippen molar-refractivity contribution >= 4 is 23.7 Å². The number of carbonyl (C=O) groups excluding carboxylic acids is 4. The van der Waals surface area contributed by atoms with Crippen molar-refractivity contribution in [2.45, 2.75) is 92.0 Å². The van der Waals surface area contributed by atoms with Gasteiger partial charge in [-0.05, 0) is 51.5 Å². The fourth-order valence-corrected chi connectivity index (χ4v) is 3.55. The molecule has 0 saturated carbocycles. The maximum Gasteiger partial charge on any atom is 0.408 e. The summed E-state index contributed by atoms with van der Waals surface area (Å²) in [6.45, 7) is 14.4. The van der Waals surface area contributed by atoms with Crippen molar-refractivity contribution < 1.29 is 23.9 Å². The van der Waals surface area contributed by atoms with Crippen LogP contribution in [0.3, 0.4) is 0 Å². The maximum absolute atomic E-state index is 13.4. The Balaban J connectivity index is 2.97. The predicted octanol–water partition coefficient (Wildman–Crippen LogP) is 3.73. The van der Waals surface area contributed by atoms with Gasteiger partial charge in [0.2, 0.25) is 11.8 Å². The van der Waals surface area contributed by atoms with E-state index in [4.69, 9.17) is 4.74 Å². The van der Waals surface area contributed by atoms with Crippen molar-refractivity contribution in [3.63, 3.8) is 0 Å². The molecule has 0 aromatic heterocycles. The first-order valence-electron chi connectivity index (χ1n) is 12.3. The van der Waals surface area contributed by atoms with Gasteiger partial charge in [-0.3, -0.25) is 14.4 Å². The van der Waals surface area contributed by atoms with Crippen LogP contribution in [0, 0.1) is 11.8 Å². The molecule has 0 bridgehead atoms. The second kappa shape index (κ2) is 13.3. The second-order valence-electron chi connectivity index (χ2n) is 10.8. The molecule has 0 aliphatic rings. The molecule has 0 aliphatic heterocycles. The number of hydrogen-bond acceptors (Lipinski definition) is 5. The highest BCUT2D eigenvalue weighted by Gasteiger charge is 2.35. The molecule has 1 aromatic carbocycles. The largest absolute Gasteiger partial charge is 0.444 e. The average molecular weight is 490 g/mol. The molecule has 0 aliphatic carbocycles. The molecule has 3 atom stereocenters. The van der Waals surface area contributed by atoms with Gasteiger partial charge in [0, 0.05) is 13.5 Å². The summed E-state index contributed by atoms with van der Waals surface area (Å²) >= 11 is 0. The van der Waals surface area contributed by atoms with Crippen LogP contribution < -0.4 is 10.6 Å². The number of nitrogens with zero attached hydrogens (tertiary/aromatic N) is 1. The summed E-state index contributed by atoms with van der Waals surface area (Å²) < 4.78 is 5.31. The fourth-order valence-electron chi connectivity index (χ4n) is 3.55. The Morgan fingerprint density at radius 2 is 1.51 bits per heavy atom. The maximum atomic E-state index is 13.4. The van der Waals surface area contributed by atoms with Gasteiger partial charge in [0.15, 0.2) is 5.78 Å². The zero-order valence-corrected chi connectivity index (χ0v) is 22.7. The third kappa shape index (κ3) is 10.5. The highest BCUT2D eigenvalue weighted by atomic mass is 16.6. The molecular formula is C27H43N3O5. The molecule has 3 amide bonds. The Kier molecular flexibility index (Phi) is 11.4. The number of carbonyl (C=O) groups is 4. The number of alkyl carbamates (subject to hydrolysis) is 1. The molecular weight excluding hydrogens is 446 g/mol. The van der Waals surface area contributed by atoms with E-state index in [1.54, 1.807) is 34.7 Å². The first kappa shape index (κ1) is 30.1. The van der Waals surface area contributed by atoms with Crippen LogP contribution in [0.15, 0.2) is 30.3 Å². The molecule has 0 saturated heterocycles. The Morgan fingerprint density at radius 3 is 2.00 bits per heavy atom. The molecule has 0 unspecified atom stereocenters. The Labute approximate surface area is 210 Å². The van der Waals surface area contributed by atoms with Crippen molar-refractivity contribution in [1.29, 1.82) is 0 Å². The van der Waals surface area contributed by atoms with E-state index in [0.29, 0.717) is 6.42 Å². The fraction of sp³-hybridized carbons (Fsp3) is 0.630. The van der Waals surface area contributed by atoms with Crippen LogP contribution in [0.2, 0.25) is 0 Å². The van der Waals surface area contributed by atoms with Crippen LogP contribution >= 0.6 is 0 Å². The smallest absolute Gasteiger partial charge is 0.408 e. The van der Waals surface area contributed by atoms with E-state index >= 15 is 0 Å². The third-order valence-electron chi connectivity index (χ3n) is 5.48. The van der Waals surface area contributed by atoms with Gasteiger partial charge in [0.05, 0.1) is 6.04 Å². The Bertz CT molecular complexity index is 861. The summed E-state index contributed by atoms with van der Waals surface area (Å²) in [5.74, 6) is -1.02. The molecule has 8 heteroatoms. The van der Waals surface area contributed by atoms with Gasteiger partial charge in [-0.2, -0.15) is 0 Å². The molecule has 0 fully saturated rings. The van der Waals surface area contributed by atoms with Gasteiger partial charge in [-0.15, -0.1) is 0 Å². The van der Waals surface area contributed by atoms with E-state index in [9.17, 15) is 19.2 Å². The minimum absolute atomic E-state index is 0.117. The lowest BCUT2D eigenvalue weighted by Crippen LogP contribution is -2.57. The van der Waals surface area contributed by atoms with Gasteiger partial charge in [-0.25, -0.2) is 4.79 Å². The summed E-state index contributed by atoms with van der Waals surface area (Å²) in [4.78, 5) is 53.0. The normalized spacial score (nSPS) is 14.1. The zero-order valence-electron chi connectivity index (χ0n) is 22.7. The average Bonchev–Trinajstić information content (AvgIpc) is 2.73. The Morgan fingerprint density at radius 1 is 0.943 bits per heavy atom. The summed E-state index contributed by atoms with van der Waals surface area (Å²) in [5, 5.41) is 5.44. The second-order valence-corrected chi connectivity index (χ2v) is 10.8. The number of Topliss-reactive ketones (excluding diaryl/α,β-unsaturated/α-hetero) is 1. The molecule has 1 rings (SSSR count). The standard InChI is InChI=1S/C27H43N3O5/c1-17(2)15-21(24(32)28-19(5)22(31)16-20-13-11-10-12-14-20)30(9)25(33)23(18(3)4)29-26(34)35-27(6,7)8/h10-14,17-19,21,23H,15-16H2,1-9H3,(H,28,32)(H,29,34)/t19-,21-,23-/m0/s1. The topological polar surface area (TPSA) is 105 Å². The third-order valence-corrected chi connectivity index (χ3v) is 5.48. The molecule has 8 nitrogen and oxygen atoms in total. The van der Waals surface area contributed by atoms with E-state index in [1.165, 1.54) is 4.90 Å². The molecule has 0 radical (unpaired) electrons. The Hall–Kier alpha value is -2.90. The number of ketones is 1. The molecule has 1 aromatic rings. The lowest BCUT2D eigenvalue weighted by atomic mass is 9.98. The van der Waals surface area contributed by atoms with E-state index < -0.39 is 41.6 Å². The molecule has 0 spiro atoms. The minimum atomic E-state index is -0.866. The van der Waals surface area contributed by atoms with E-state index in [2.05, 4.69) is 10.6 Å². The van der Waals surface area contributed by atoms with Crippen LogP contribution in [0.4, 0.5) is 4.79 Å². The summed E-state index contributed by atoms with van der Waals surface area (Å²) in [5.41, 5.74) is 0.167. The predicted molar refractivity (Wildman–Crippen MR) is 137 cm³/mol. The quantitative estimate of drug-likeness (QED) is 0.493. The number of rotatable bonds is 11. The van der Waals surface area contributed by atoms with Gasteiger partial charge >= 0.3 is 6.09 Å². The monoisotopic (exact) mass is 489 g/mol. The van der Waals surface area contributed by atoms with Crippen LogP contribution in [-0.4, -0.2) is 59.4 Å². The minimum Gasteiger partial charge on any atom is -0.444 e. The summed E-state index contributed by atoms with van der Waals surface area (Å²) in [7, 11) is 1.55. The number of benzene rings is 1. The van der Waals surface area contributed by atoms with Crippen molar-refractivity contribution in [2.24, 2.45) is 11.8 Å². The van der Waals surface area contributed by atoms with Crippen molar-refractivity contribution in [3.05, 3.63) is 35.9 Å². The van der Waals surface area contributed by atoms with Crippen molar-refractivity contribution in [2.75, 3.05) is 7.05 Å². The van der Waals surface area contributed by atoms with Gasteiger partial charge in [0.25, 0.3) is 0 Å². The first-order valence-corrected chi connectivity index (χ1v) is 12.3. The van der Waals surface area contributed by atoms with E-state index in [-0.39, 0.29) is 24.0 Å². The number of ether oxygens (including phenoxy) is 1. The van der Waals surface area contributed by atoms with Gasteiger partial charge < -0.3 is 20.3 Å². The summed E-state index contributed by atoms with van der Waals surface area (Å²) in [6.07, 6.45) is -0.0746. The van der Waals surface area contributed by atoms with Gasteiger partial charge in [0.1, 0.15) is 17.7 Å². The molecule has 2 N–H and O–H groups in total. The summed E-state index contributed by atoms with van der Waals surface area (Å²) in [6, 6.07) is 6.97. The number of amides is 3. The van der Waals surface area contributed by atoms with E-state index in [0.717, 1.165) is 5.56 Å². The van der Waals surface area contributed by atoms with Crippen LogP contribution in [0.25, 0.3) is 0 Å². The van der Waals surface area contributed by atoms with Crippen LogP contribution in [0.5, 0.6) is 0 Å². The zero-order chi connectivity index (χ0) is 26.9. The van der Waals surface area contributed by atoms with Crippen molar-refractivity contribution in [3.8, 4) is 0 Å². The first-order chi connectivity index (χ1) is 16.1. The molecule has 0 heterocycles. The molecule has 196 valence electrons. The highest BCUT2D eigenvalue weighted by Crippen LogP contribution is 2.16. The molecule has 35 heavy (non-hydrogen) atoms. The number of likely N-dealkylation sites (N-methyl/N-ethyl adjacent to an activating group) is 1. The number of nitrogens with one attached hydrogen (secondary N) is 2. The van der Waals surface area contributed by atoms with Gasteiger partial charge in [-0.1, -0.05) is 58.0 Å².